The van der Waals surface area contributed by atoms with E-state index >= 15 is 0 Å². The van der Waals surface area contributed by atoms with Gasteiger partial charge in [0.2, 0.25) is 0 Å². The fraction of sp³-hybridized carbons (Fsp3) is 0.333. The number of anilines is 2. The third-order valence-corrected chi connectivity index (χ3v) is 7.40. The van der Waals surface area contributed by atoms with Gasteiger partial charge in [-0.3, -0.25) is 14.5 Å². The van der Waals surface area contributed by atoms with Crippen molar-refractivity contribution in [3.8, 4) is 0 Å². The van der Waals surface area contributed by atoms with E-state index in [9.17, 15) is 14.7 Å². The molecule has 1 unspecified atom stereocenters. The summed E-state index contributed by atoms with van der Waals surface area (Å²) in [6.07, 6.45) is 0. The maximum Gasteiger partial charge on any atom is 0.301 e. The number of carbonyl (C=O) groups is 2. The zero-order chi connectivity index (χ0) is 27.0. The quantitative estimate of drug-likeness (QED) is 0.311. The topological polar surface area (TPSA) is 89.9 Å². The molecule has 0 bridgehead atoms. The fourth-order valence-corrected chi connectivity index (χ4v) is 4.97. The molecule has 2 fully saturated rings. The van der Waals surface area contributed by atoms with Crippen LogP contribution >= 0.6 is 0 Å². The molecule has 196 valence electrons. The maximum absolute atomic E-state index is 13.4. The molecule has 1 amide bonds. The molecule has 1 N–H and O–H groups in total. The lowest BCUT2D eigenvalue weighted by molar-refractivity contribution is -0.132. The first-order chi connectivity index (χ1) is 18.2. The second-order valence-corrected chi connectivity index (χ2v) is 10.4. The Balaban J connectivity index is 1.58. The highest BCUT2D eigenvalue weighted by atomic mass is 16.3. The van der Waals surface area contributed by atoms with Crippen LogP contribution in [0, 0.1) is 6.92 Å². The number of aliphatic hydroxyl groups is 1. The van der Waals surface area contributed by atoms with Gasteiger partial charge in [0.1, 0.15) is 5.76 Å². The highest BCUT2D eigenvalue weighted by molar-refractivity contribution is 6.51. The summed E-state index contributed by atoms with van der Waals surface area (Å²) < 4.78 is 0. The van der Waals surface area contributed by atoms with E-state index in [1.54, 1.807) is 18.2 Å². The Hall–Kier alpha value is -4.04. The zero-order valence-electron chi connectivity index (χ0n) is 22.3. The predicted molar refractivity (Wildman–Crippen MR) is 148 cm³/mol. The Bertz CT molecular complexity index is 1360. The van der Waals surface area contributed by atoms with E-state index in [1.807, 2.05) is 49.4 Å². The lowest BCUT2D eigenvalue weighted by atomic mass is 9.93. The molecule has 2 aliphatic rings. The van der Waals surface area contributed by atoms with E-state index in [-0.39, 0.29) is 17.2 Å². The van der Waals surface area contributed by atoms with Crippen molar-refractivity contribution < 1.29 is 14.7 Å². The molecule has 0 aliphatic carbocycles. The first-order valence-corrected chi connectivity index (χ1v) is 13.0. The van der Waals surface area contributed by atoms with Crippen LogP contribution in [0.1, 0.15) is 48.1 Å². The molecule has 2 aromatic carbocycles. The number of hydrogen-bond acceptors (Lipinski definition) is 7. The average molecular weight is 512 g/mol. The summed E-state index contributed by atoms with van der Waals surface area (Å²) in [5.74, 6) is -0.354. The summed E-state index contributed by atoms with van der Waals surface area (Å²) in [6, 6.07) is 17.8. The van der Waals surface area contributed by atoms with Crippen molar-refractivity contribution in [1.82, 2.24) is 15.1 Å². The third kappa shape index (κ3) is 4.79. The monoisotopic (exact) mass is 511 g/mol. The van der Waals surface area contributed by atoms with E-state index in [1.165, 1.54) is 4.90 Å². The molecule has 5 rings (SSSR count). The average Bonchev–Trinajstić information content (AvgIpc) is 3.19. The van der Waals surface area contributed by atoms with Crippen LogP contribution in [0.25, 0.3) is 5.76 Å². The lowest BCUT2D eigenvalue weighted by Crippen LogP contribution is -2.44. The number of Topliss-reactive ketones (excluding diaryl/α,β-unsaturated/α-hetero) is 1. The number of likely N-dealkylation sites (N-methyl/N-ethyl adjacent to an activating group) is 1. The number of benzene rings is 2. The Labute approximate surface area is 223 Å². The molecular formula is C30H33N5O3. The second kappa shape index (κ2) is 10.4. The molecule has 0 radical (unpaired) electrons. The second-order valence-electron chi connectivity index (χ2n) is 10.4. The van der Waals surface area contributed by atoms with Crippen LogP contribution in [-0.4, -0.2) is 65.1 Å². The number of aromatic nitrogens is 2. The summed E-state index contributed by atoms with van der Waals surface area (Å²) >= 11 is 0. The van der Waals surface area contributed by atoms with Gasteiger partial charge in [0.05, 0.1) is 11.6 Å². The van der Waals surface area contributed by atoms with Crippen LogP contribution in [-0.2, 0) is 9.59 Å². The summed E-state index contributed by atoms with van der Waals surface area (Å²) in [5, 5.41) is 20.1. The smallest absolute Gasteiger partial charge is 0.301 e. The molecule has 0 saturated carbocycles. The van der Waals surface area contributed by atoms with Gasteiger partial charge < -0.3 is 14.9 Å². The molecule has 38 heavy (non-hydrogen) atoms. The van der Waals surface area contributed by atoms with Gasteiger partial charge in [0, 0.05) is 31.7 Å². The predicted octanol–water partition coefficient (Wildman–Crippen LogP) is 4.29. The summed E-state index contributed by atoms with van der Waals surface area (Å²) in [6.45, 7) is 9.71. The van der Waals surface area contributed by atoms with Gasteiger partial charge in [0.25, 0.3) is 5.78 Å². The first-order valence-electron chi connectivity index (χ1n) is 13.0. The molecule has 0 spiro atoms. The number of aliphatic hydroxyl groups excluding tert-OH is 1. The van der Waals surface area contributed by atoms with Crippen molar-refractivity contribution in [3.05, 3.63) is 88.5 Å². The van der Waals surface area contributed by atoms with E-state index in [0.29, 0.717) is 17.0 Å². The molecule has 1 aromatic heterocycles. The van der Waals surface area contributed by atoms with Crippen molar-refractivity contribution in [2.45, 2.75) is 32.7 Å². The van der Waals surface area contributed by atoms with Crippen LogP contribution in [0.15, 0.2) is 66.2 Å². The van der Waals surface area contributed by atoms with Crippen molar-refractivity contribution in [2.24, 2.45) is 0 Å². The van der Waals surface area contributed by atoms with Crippen molar-refractivity contribution in [2.75, 3.05) is 43.0 Å². The van der Waals surface area contributed by atoms with Gasteiger partial charge in [-0.25, -0.2) is 0 Å². The standard InChI is InChI=1S/C30H33N5O3/c1-19(2)21-9-11-22(12-10-21)27-26(28(36)23-7-5-20(3)6-8-23)29(37)30(38)35(27)25-14-13-24(31-32-25)34-17-15-33(4)16-18-34/h5-14,19,27,36H,15-18H2,1-4H3/b28-26-. The summed E-state index contributed by atoms with van der Waals surface area (Å²) in [7, 11) is 2.09. The van der Waals surface area contributed by atoms with Crippen LogP contribution in [0.5, 0.6) is 0 Å². The number of hydrogen-bond donors (Lipinski definition) is 1. The van der Waals surface area contributed by atoms with Gasteiger partial charge in [-0.2, -0.15) is 0 Å². The highest BCUT2D eigenvalue weighted by Crippen LogP contribution is 2.42. The van der Waals surface area contributed by atoms with Crippen LogP contribution in [0.3, 0.4) is 0 Å². The number of aryl methyl sites for hydroxylation is 1. The van der Waals surface area contributed by atoms with Gasteiger partial charge in [-0.15, -0.1) is 10.2 Å². The highest BCUT2D eigenvalue weighted by Gasteiger charge is 2.47. The SMILES string of the molecule is Cc1ccc(/C(O)=C2/C(=O)C(=O)N(c3ccc(N4CCN(C)CC4)nn3)C2c2ccc(C(C)C)cc2)cc1. The van der Waals surface area contributed by atoms with Gasteiger partial charge >= 0.3 is 5.91 Å². The summed E-state index contributed by atoms with van der Waals surface area (Å²) in [5.41, 5.74) is 3.40. The third-order valence-electron chi connectivity index (χ3n) is 7.40. The van der Waals surface area contributed by atoms with Gasteiger partial charge in [0.15, 0.2) is 11.6 Å². The molecule has 2 saturated heterocycles. The molecule has 3 aromatic rings. The lowest BCUT2D eigenvalue weighted by Gasteiger charge is -2.33. The Morgan fingerprint density at radius 2 is 1.47 bits per heavy atom. The molecule has 3 heterocycles. The first kappa shape index (κ1) is 25.6. The van der Waals surface area contributed by atoms with Gasteiger partial charge in [-0.1, -0.05) is 67.9 Å². The number of amides is 1. The van der Waals surface area contributed by atoms with E-state index < -0.39 is 17.7 Å². The molecular weight excluding hydrogens is 478 g/mol. The minimum atomic E-state index is -0.832. The minimum absolute atomic E-state index is 0.0427. The fourth-order valence-electron chi connectivity index (χ4n) is 4.97. The zero-order valence-corrected chi connectivity index (χ0v) is 22.3. The minimum Gasteiger partial charge on any atom is -0.507 e. The van der Waals surface area contributed by atoms with E-state index in [4.69, 9.17) is 0 Å². The van der Waals surface area contributed by atoms with Crippen molar-refractivity contribution in [3.63, 3.8) is 0 Å². The van der Waals surface area contributed by atoms with Gasteiger partial charge in [-0.05, 0) is 43.1 Å². The molecule has 1 atom stereocenters. The largest absolute Gasteiger partial charge is 0.507 e. The van der Waals surface area contributed by atoms with Crippen molar-refractivity contribution >= 4 is 29.1 Å². The Morgan fingerprint density at radius 1 is 0.868 bits per heavy atom. The number of piperazine rings is 1. The number of carbonyl (C=O) groups excluding carboxylic acids is 2. The summed E-state index contributed by atoms with van der Waals surface area (Å²) in [4.78, 5) is 32.6. The number of nitrogens with zero attached hydrogens (tertiary/aromatic N) is 5. The maximum atomic E-state index is 13.4. The molecule has 2 aliphatic heterocycles. The normalized spacial score (nSPS) is 20.0. The molecule has 8 heteroatoms. The van der Waals surface area contributed by atoms with Crippen LogP contribution in [0.4, 0.5) is 11.6 Å². The van der Waals surface area contributed by atoms with E-state index in [2.05, 4.69) is 40.9 Å². The Morgan fingerprint density at radius 3 is 2.05 bits per heavy atom. The number of ketones is 1. The number of rotatable bonds is 5. The van der Waals surface area contributed by atoms with Crippen LogP contribution in [0.2, 0.25) is 0 Å². The molecule has 8 nitrogen and oxygen atoms in total. The van der Waals surface area contributed by atoms with Crippen LogP contribution < -0.4 is 9.80 Å². The van der Waals surface area contributed by atoms with Crippen molar-refractivity contribution in [1.29, 1.82) is 0 Å². The Kier molecular flexibility index (Phi) is 6.99. The van der Waals surface area contributed by atoms with E-state index in [0.717, 1.165) is 43.1 Å².